The lowest BCUT2D eigenvalue weighted by molar-refractivity contribution is -0.383. The van der Waals surface area contributed by atoms with Crippen molar-refractivity contribution in [1.82, 2.24) is 9.97 Å². The summed E-state index contributed by atoms with van der Waals surface area (Å²) in [5, 5.41) is 14.0. The number of nitrogens with one attached hydrogen (secondary N) is 1. The van der Waals surface area contributed by atoms with Crippen LogP contribution < -0.4 is 14.8 Å². The van der Waals surface area contributed by atoms with Gasteiger partial charge in [-0.25, -0.2) is 9.97 Å². The summed E-state index contributed by atoms with van der Waals surface area (Å²) in [7, 11) is 4.55. The van der Waals surface area contributed by atoms with E-state index in [4.69, 9.17) is 9.47 Å². The van der Waals surface area contributed by atoms with E-state index in [0.717, 1.165) is 0 Å². The second kappa shape index (κ2) is 6.04. The fraction of sp³-hybridized carbons (Fsp3) is 0.231. The van der Waals surface area contributed by atoms with Crippen LogP contribution in [0.2, 0.25) is 0 Å². The molecule has 21 heavy (non-hydrogen) atoms. The van der Waals surface area contributed by atoms with Gasteiger partial charge in [0, 0.05) is 7.05 Å². The van der Waals surface area contributed by atoms with Crippen molar-refractivity contribution < 1.29 is 14.4 Å². The number of anilines is 1. The standard InChI is InChI=1S/C13H14N4O4/c1-14-13-12(17(18)19)11(15-7-16-13)9-6-8(20-2)4-5-10(9)21-3/h4-7H,1-3H3,(H,14,15,16). The van der Waals surface area contributed by atoms with Gasteiger partial charge in [0.05, 0.1) is 24.7 Å². The summed E-state index contributed by atoms with van der Waals surface area (Å²) in [5.41, 5.74) is 0.407. The maximum atomic E-state index is 11.3. The van der Waals surface area contributed by atoms with Crippen molar-refractivity contribution in [3.8, 4) is 22.8 Å². The van der Waals surface area contributed by atoms with Gasteiger partial charge in [-0.3, -0.25) is 10.1 Å². The molecule has 8 nitrogen and oxygen atoms in total. The minimum atomic E-state index is -0.528. The van der Waals surface area contributed by atoms with Crippen LogP contribution >= 0.6 is 0 Å². The van der Waals surface area contributed by atoms with E-state index in [1.807, 2.05) is 0 Å². The minimum Gasteiger partial charge on any atom is -0.497 e. The summed E-state index contributed by atoms with van der Waals surface area (Å²) in [6.45, 7) is 0. The first-order chi connectivity index (χ1) is 10.1. The van der Waals surface area contributed by atoms with E-state index in [9.17, 15) is 10.1 Å². The lowest BCUT2D eigenvalue weighted by atomic mass is 10.1. The van der Waals surface area contributed by atoms with Gasteiger partial charge < -0.3 is 14.8 Å². The van der Waals surface area contributed by atoms with Crippen molar-refractivity contribution in [2.45, 2.75) is 0 Å². The summed E-state index contributed by atoms with van der Waals surface area (Å²) in [5.74, 6) is 1.14. The third-order valence-corrected chi connectivity index (χ3v) is 2.90. The van der Waals surface area contributed by atoms with E-state index in [1.54, 1.807) is 25.2 Å². The number of nitrogens with zero attached hydrogens (tertiary/aromatic N) is 3. The van der Waals surface area contributed by atoms with Crippen LogP contribution in [-0.2, 0) is 0 Å². The summed E-state index contributed by atoms with van der Waals surface area (Å²) in [6.07, 6.45) is 1.26. The Morgan fingerprint density at radius 2 is 2.00 bits per heavy atom. The van der Waals surface area contributed by atoms with Crippen LogP contribution in [0, 0.1) is 10.1 Å². The van der Waals surface area contributed by atoms with Gasteiger partial charge >= 0.3 is 5.69 Å². The zero-order valence-corrected chi connectivity index (χ0v) is 11.8. The second-order valence-corrected chi connectivity index (χ2v) is 3.99. The summed E-state index contributed by atoms with van der Waals surface area (Å²) in [4.78, 5) is 18.7. The molecule has 110 valence electrons. The van der Waals surface area contributed by atoms with Gasteiger partial charge in [0.2, 0.25) is 5.82 Å². The molecule has 1 aromatic carbocycles. The number of rotatable bonds is 5. The Hall–Kier alpha value is -2.90. The molecule has 1 N–H and O–H groups in total. The third-order valence-electron chi connectivity index (χ3n) is 2.90. The number of aromatic nitrogens is 2. The molecule has 0 unspecified atom stereocenters. The summed E-state index contributed by atoms with van der Waals surface area (Å²) >= 11 is 0. The van der Waals surface area contributed by atoms with Gasteiger partial charge in [-0.1, -0.05) is 0 Å². The van der Waals surface area contributed by atoms with Crippen LogP contribution in [0.15, 0.2) is 24.5 Å². The van der Waals surface area contributed by atoms with Crippen molar-refractivity contribution in [3.05, 3.63) is 34.6 Å². The molecule has 0 aliphatic carbocycles. The minimum absolute atomic E-state index is 0.134. The van der Waals surface area contributed by atoms with Gasteiger partial charge in [0.15, 0.2) is 5.69 Å². The number of nitro groups is 1. The first-order valence-electron chi connectivity index (χ1n) is 6.02. The number of benzene rings is 1. The molecule has 1 heterocycles. The van der Waals surface area contributed by atoms with Crippen LogP contribution in [0.25, 0.3) is 11.3 Å². The molecular formula is C13H14N4O4. The highest BCUT2D eigenvalue weighted by molar-refractivity contribution is 5.80. The molecule has 1 aromatic heterocycles. The third kappa shape index (κ3) is 2.69. The molecule has 0 saturated heterocycles. The lowest BCUT2D eigenvalue weighted by Crippen LogP contribution is -2.03. The molecule has 0 atom stereocenters. The maximum Gasteiger partial charge on any atom is 0.337 e. The van der Waals surface area contributed by atoms with E-state index in [0.29, 0.717) is 17.1 Å². The Morgan fingerprint density at radius 3 is 2.57 bits per heavy atom. The highest BCUT2D eigenvalue weighted by Gasteiger charge is 2.25. The van der Waals surface area contributed by atoms with E-state index < -0.39 is 4.92 Å². The monoisotopic (exact) mass is 290 g/mol. The van der Waals surface area contributed by atoms with Crippen LogP contribution in [0.5, 0.6) is 11.5 Å². The molecule has 8 heteroatoms. The average molecular weight is 290 g/mol. The van der Waals surface area contributed by atoms with E-state index in [1.165, 1.54) is 20.5 Å². The van der Waals surface area contributed by atoms with Gasteiger partial charge in [-0.05, 0) is 18.2 Å². The maximum absolute atomic E-state index is 11.3. The predicted molar refractivity (Wildman–Crippen MR) is 76.8 cm³/mol. The van der Waals surface area contributed by atoms with E-state index >= 15 is 0 Å². The Labute approximate surface area is 120 Å². The van der Waals surface area contributed by atoms with E-state index in [-0.39, 0.29) is 17.2 Å². The van der Waals surface area contributed by atoms with Crippen LogP contribution in [-0.4, -0.2) is 36.2 Å². The van der Waals surface area contributed by atoms with Crippen molar-refractivity contribution >= 4 is 11.5 Å². The van der Waals surface area contributed by atoms with Gasteiger partial charge in [-0.15, -0.1) is 0 Å². The fourth-order valence-corrected chi connectivity index (χ4v) is 1.93. The molecule has 0 aliphatic heterocycles. The molecule has 0 fully saturated rings. The number of ether oxygens (including phenoxy) is 2. The zero-order chi connectivity index (χ0) is 15.4. The normalized spacial score (nSPS) is 10.0. The van der Waals surface area contributed by atoms with Crippen LogP contribution in [0.4, 0.5) is 11.5 Å². The quantitative estimate of drug-likeness (QED) is 0.665. The number of hydrogen-bond donors (Lipinski definition) is 1. The largest absolute Gasteiger partial charge is 0.497 e. The Balaban J connectivity index is 2.74. The van der Waals surface area contributed by atoms with Crippen molar-refractivity contribution in [3.63, 3.8) is 0 Å². The number of hydrogen-bond acceptors (Lipinski definition) is 7. The predicted octanol–water partition coefficient (Wildman–Crippen LogP) is 2.11. The van der Waals surface area contributed by atoms with Gasteiger partial charge in [0.25, 0.3) is 0 Å². The molecule has 2 aromatic rings. The van der Waals surface area contributed by atoms with Crippen molar-refractivity contribution in [1.29, 1.82) is 0 Å². The molecule has 0 spiro atoms. The summed E-state index contributed by atoms with van der Waals surface area (Å²) < 4.78 is 10.4. The first kappa shape index (κ1) is 14.5. The summed E-state index contributed by atoms with van der Waals surface area (Å²) in [6, 6.07) is 5.00. The molecule has 2 rings (SSSR count). The highest BCUT2D eigenvalue weighted by atomic mass is 16.6. The SMILES string of the molecule is CNc1ncnc(-c2cc(OC)ccc2OC)c1[N+](=O)[O-]. The highest BCUT2D eigenvalue weighted by Crippen LogP contribution is 2.39. The fourth-order valence-electron chi connectivity index (χ4n) is 1.93. The van der Waals surface area contributed by atoms with E-state index in [2.05, 4.69) is 15.3 Å². The number of methoxy groups -OCH3 is 2. The first-order valence-corrected chi connectivity index (χ1v) is 6.02. The Morgan fingerprint density at radius 1 is 1.24 bits per heavy atom. The lowest BCUT2D eigenvalue weighted by Gasteiger charge is -2.11. The van der Waals surface area contributed by atoms with Crippen molar-refractivity contribution in [2.75, 3.05) is 26.6 Å². The molecular weight excluding hydrogens is 276 g/mol. The van der Waals surface area contributed by atoms with Crippen LogP contribution in [0.3, 0.4) is 0 Å². The molecule has 0 amide bonds. The zero-order valence-electron chi connectivity index (χ0n) is 11.8. The van der Waals surface area contributed by atoms with Gasteiger partial charge in [0.1, 0.15) is 17.8 Å². The second-order valence-electron chi connectivity index (χ2n) is 3.99. The molecule has 0 bridgehead atoms. The topological polar surface area (TPSA) is 99.4 Å². The Bertz CT molecular complexity index is 675. The molecule has 0 radical (unpaired) electrons. The smallest absolute Gasteiger partial charge is 0.337 e. The Kier molecular flexibility index (Phi) is 4.17. The average Bonchev–Trinajstić information content (AvgIpc) is 2.53. The van der Waals surface area contributed by atoms with Crippen molar-refractivity contribution in [2.24, 2.45) is 0 Å². The van der Waals surface area contributed by atoms with Crippen LogP contribution in [0.1, 0.15) is 0 Å². The molecule has 0 aliphatic rings. The van der Waals surface area contributed by atoms with Gasteiger partial charge in [-0.2, -0.15) is 0 Å². The molecule has 0 saturated carbocycles.